The van der Waals surface area contributed by atoms with E-state index in [4.69, 9.17) is 71.1 Å². The first-order valence-corrected chi connectivity index (χ1v) is 28.1. The average molecular weight is 1100 g/mol. The molecule has 0 bridgehead atoms. The lowest BCUT2D eigenvalue weighted by molar-refractivity contribution is -0.239. The van der Waals surface area contributed by atoms with Gasteiger partial charge < -0.3 is 71.1 Å². The summed E-state index contributed by atoms with van der Waals surface area (Å²) in [5.74, 6) is -0.209. The summed E-state index contributed by atoms with van der Waals surface area (Å²) in [4.78, 5) is 0. The largest absolute Gasteiger partial charge is 0.384 e. The van der Waals surface area contributed by atoms with Crippen LogP contribution in [0.3, 0.4) is 0 Å². The van der Waals surface area contributed by atoms with E-state index in [2.05, 4.69) is 107 Å². The molecular weight excluding hydrogens is 997 g/mol. The van der Waals surface area contributed by atoms with E-state index in [0.29, 0.717) is 85.5 Å². The van der Waals surface area contributed by atoms with Gasteiger partial charge in [0.1, 0.15) is 0 Å². The van der Waals surface area contributed by atoms with Gasteiger partial charge in [-0.15, -0.1) is 0 Å². The van der Waals surface area contributed by atoms with Gasteiger partial charge in [-0.1, -0.05) is 100 Å². The Morgan fingerprint density at radius 2 is 0.744 bits per heavy atom. The van der Waals surface area contributed by atoms with E-state index in [1.807, 2.05) is 20.8 Å². The van der Waals surface area contributed by atoms with Crippen molar-refractivity contribution in [2.45, 2.75) is 150 Å². The quantitative estimate of drug-likeness (QED) is 0.0392. The van der Waals surface area contributed by atoms with Gasteiger partial charge in [-0.3, -0.25) is 0 Å². The fraction of sp³-hybridized carbons (Fsp3) is 0.714. The number of hydrogen-bond acceptors (Lipinski definition) is 15. The van der Waals surface area contributed by atoms with Crippen LogP contribution in [-0.4, -0.2) is 154 Å². The summed E-state index contributed by atoms with van der Waals surface area (Å²) in [7, 11) is 15.4. The second-order valence-corrected chi connectivity index (χ2v) is 21.5. The lowest BCUT2D eigenvalue weighted by Crippen LogP contribution is -2.50. The third-order valence-electron chi connectivity index (χ3n) is 14.9. The number of methoxy groups -OCH3 is 9. The van der Waals surface area contributed by atoms with E-state index in [1.165, 1.54) is 0 Å². The van der Waals surface area contributed by atoms with Gasteiger partial charge >= 0.3 is 0 Å². The minimum atomic E-state index is -0.636. The van der Waals surface area contributed by atoms with Crippen LogP contribution in [0.4, 0.5) is 0 Å². The Kier molecular flexibility index (Phi) is 34.4. The smallest absolute Gasteiger partial charge is 0.165 e. The van der Waals surface area contributed by atoms with Crippen LogP contribution in [-0.2, 0) is 90.9 Å². The Labute approximate surface area is 471 Å². The number of rotatable bonds is 44. The van der Waals surface area contributed by atoms with Crippen molar-refractivity contribution in [3.63, 3.8) is 0 Å². The summed E-state index contributed by atoms with van der Waals surface area (Å²) in [5.41, 5.74) is 6.02. The molecule has 15 heteroatoms. The molecule has 0 aliphatic heterocycles. The van der Waals surface area contributed by atoms with Crippen LogP contribution in [0.1, 0.15) is 126 Å². The molecule has 3 aromatic rings. The number of benzene rings is 3. The van der Waals surface area contributed by atoms with E-state index in [9.17, 15) is 0 Å². The second kappa shape index (κ2) is 38.7. The van der Waals surface area contributed by atoms with Gasteiger partial charge in [-0.25, -0.2) is 0 Å². The SMILES string of the molecule is CCCOC(OCc1ccc([C@H](OC)[C@@H](COC)[C@@H](C)OC)cc1)[C@H]([C@@H](OCCCOCc1ccc([C@H](OC)[C@@H](COC)[C@@H](C)OC)cc1)C(C)(C)C)[C@@H](C)OCCCOCc1ccc([C@H](OC)[C@@H](COC)[C@@H](C)OC)cc1. The normalized spacial score (nSPS) is 17.3. The highest BCUT2D eigenvalue weighted by Gasteiger charge is 2.43. The zero-order valence-corrected chi connectivity index (χ0v) is 51.0. The summed E-state index contributed by atoms with van der Waals surface area (Å²) in [6, 6.07) is 25.1. The van der Waals surface area contributed by atoms with Crippen molar-refractivity contribution in [2.75, 3.05) is 117 Å². The Balaban J connectivity index is 1.76. The fourth-order valence-corrected chi connectivity index (χ4v) is 10.1. The summed E-state index contributed by atoms with van der Waals surface area (Å²) < 4.78 is 91.1. The van der Waals surface area contributed by atoms with Gasteiger partial charge in [-0.2, -0.15) is 0 Å². The average Bonchev–Trinajstić information content (AvgIpc) is 3.46. The van der Waals surface area contributed by atoms with Gasteiger partial charge in [0.2, 0.25) is 0 Å². The Morgan fingerprint density at radius 1 is 0.385 bits per heavy atom. The van der Waals surface area contributed by atoms with Crippen molar-refractivity contribution in [2.24, 2.45) is 29.1 Å². The molecule has 0 radical (unpaired) electrons. The maximum absolute atomic E-state index is 6.94. The Morgan fingerprint density at radius 3 is 1.06 bits per heavy atom. The van der Waals surface area contributed by atoms with Crippen LogP contribution in [0.15, 0.2) is 72.8 Å². The predicted molar refractivity (Wildman–Crippen MR) is 306 cm³/mol. The molecule has 0 amide bonds. The third kappa shape index (κ3) is 22.8. The Bertz CT molecular complexity index is 1930. The van der Waals surface area contributed by atoms with E-state index in [0.717, 1.165) is 39.8 Å². The minimum Gasteiger partial charge on any atom is -0.384 e. The van der Waals surface area contributed by atoms with Crippen molar-refractivity contribution in [3.05, 3.63) is 106 Å². The lowest BCUT2D eigenvalue weighted by atomic mass is 9.78. The fourth-order valence-electron chi connectivity index (χ4n) is 10.1. The molecule has 0 saturated heterocycles. The molecule has 0 spiro atoms. The summed E-state index contributed by atoms with van der Waals surface area (Å²) in [6.45, 7) is 22.3. The highest BCUT2D eigenvalue weighted by molar-refractivity contribution is 5.27. The molecular formula is C63H104O15. The first kappa shape index (κ1) is 69.3. The lowest BCUT2D eigenvalue weighted by Gasteiger charge is -2.43. The summed E-state index contributed by atoms with van der Waals surface area (Å²) in [6.07, 6.45) is 0.298. The summed E-state index contributed by atoms with van der Waals surface area (Å²) in [5, 5.41) is 0. The molecule has 1 unspecified atom stereocenters. The van der Waals surface area contributed by atoms with Crippen LogP contribution < -0.4 is 0 Å². The maximum Gasteiger partial charge on any atom is 0.165 e. The van der Waals surface area contributed by atoms with Crippen molar-refractivity contribution in [1.29, 1.82) is 0 Å². The molecule has 0 aliphatic rings. The van der Waals surface area contributed by atoms with Crippen molar-refractivity contribution >= 4 is 0 Å². The number of ether oxygens (including phenoxy) is 15. The van der Waals surface area contributed by atoms with Gasteiger partial charge in [0.15, 0.2) is 6.29 Å². The topological polar surface area (TPSA) is 138 Å². The van der Waals surface area contributed by atoms with Crippen molar-refractivity contribution in [3.8, 4) is 0 Å². The van der Waals surface area contributed by atoms with Gasteiger partial charge in [0.05, 0.1) is 94.4 Å². The molecule has 446 valence electrons. The monoisotopic (exact) mass is 1100 g/mol. The van der Waals surface area contributed by atoms with Crippen LogP contribution in [0.2, 0.25) is 0 Å². The molecule has 78 heavy (non-hydrogen) atoms. The van der Waals surface area contributed by atoms with Crippen LogP contribution in [0, 0.1) is 29.1 Å². The molecule has 0 aromatic heterocycles. The molecule has 13 atom stereocenters. The second-order valence-electron chi connectivity index (χ2n) is 21.5. The van der Waals surface area contributed by atoms with Gasteiger partial charge in [0, 0.05) is 115 Å². The van der Waals surface area contributed by atoms with Crippen molar-refractivity contribution in [1.82, 2.24) is 0 Å². The van der Waals surface area contributed by atoms with E-state index in [1.54, 1.807) is 64.0 Å². The van der Waals surface area contributed by atoms with Gasteiger partial charge in [-0.05, 0) is 85.8 Å². The first-order chi connectivity index (χ1) is 37.6. The van der Waals surface area contributed by atoms with Crippen LogP contribution in [0.5, 0.6) is 0 Å². The van der Waals surface area contributed by atoms with E-state index < -0.39 is 6.29 Å². The zero-order chi connectivity index (χ0) is 57.5. The molecule has 0 saturated carbocycles. The van der Waals surface area contributed by atoms with E-state index in [-0.39, 0.29) is 77.9 Å². The molecule has 0 heterocycles. The Hall–Kier alpha value is -2.94. The highest BCUT2D eigenvalue weighted by Crippen LogP contribution is 2.37. The minimum absolute atomic E-state index is 0.00414. The van der Waals surface area contributed by atoms with E-state index >= 15 is 0 Å². The molecule has 0 fully saturated rings. The third-order valence-corrected chi connectivity index (χ3v) is 14.9. The maximum atomic E-state index is 6.94. The van der Waals surface area contributed by atoms with Crippen LogP contribution >= 0.6 is 0 Å². The first-order valence-electron chi connectivity index (χ1n) is 28.1. The molecule has 3 aromatic carbocycles. The van der Waals surface area contributed by atoms with Crippen molar-refractivity contribution < 1.29 is 71.1 Å². The number of hydrogen-bond donors (Lipinski definition) is 0. The molecule has 0 N–H and O–H groups in total. The molecule has 15 nitrogen and oxygen atoms in total. The summed E-state index contributed by atoms with van der Waals surface area (Å²) >= 11 is 0. The standard InChI is InChI=1S/C63H104O15/c1-18-33-77-62(78-40-50-25-31-53(32-26-50)60(72-17)56(43-66-11)46(4)69-14)57(47(5)75-36-19-34-73-38-48-21-27-51(28-22-48)58(70-15)54(41-64-9)44(2)67-12)61(63(6,7)8)76-37-20-35-74-39-49-23-29-52(30-24-49)59(71-16)55(42-65-10)45(3)68-13/h21-32,44-47,54-62H,18-20,33-43H2,1-17H3/t44-,45-,46-,47-,54+,55+,56+,57+,58+,59+,60+,61-,62?/m1/s1. The predicted octanol–water partition coefficient (Wildman–Crippen LogP) is 11.6. The zero-order valence-electron chi connectivity index (χ0n) is 51.0. The highest BCUT2D eigenvalue weighted by atomic mass is 16.7. The molecule has 0 aliphatic carbocycles. The van der Waals surface area contributed by atoms with Crippen LogP contribution in [0.25, 0.3) is 0 Å². The van der Waals surface area contributed by atoms with Gasteiger partial charge in [0.25, 0.3) is 0 Å². The molecule has 3 rings (SSSR count).